The Morgan fingerprint density at radius 1 is 1.03 bits per heavy atom. The number of ether oxygens (including phenoxy) is 1. The Morgan fingerprint density at radius 2 is 1.69 bits per heavy atom. The highest BCUT2D eigenvalue weighted by atomic mass is 19.4. The summed E-state index contributed by atoms with van der Waals surface area (Å²) in [6, 6.07) is 14.3. The van der Waals surface area contributed by atoms with E-state index >= 15 is 0 Å². The number of hydrogen-bond donors (Lipinski definition) is 4. The van der Waals surface area contributed by atoms with Gasteiger partial charge in [0.25, 0.3) is 0 Å². The Bertz CT molecular complexity index is 804. The number of rotatable bonds is 5. The van der Waals surface area contributed by atoms with Gasteiger partial charge in [-0.15, -0.1) is 13.2 Å². The molecule has 0 radical (unpaired) electrons. The number of alkyl halides is 3. The minimum atomic E-state index is -4.75. The lowest BCUT2D eigenvalue weighted by Gasteiger charge is -2.22. The highest BCUT2D eigenvalue weighted by molar-refractivity contribution is 5.90. The number of halogens is 3. The molecule has 0 amide bonds. The van der Waals surface area contributed by atoms with Crippen molar-refractivity contribution in [3.8, 4) is 11.5 Å². The first-order valence-corrected chi connectivity index (χ1v) is 10.3. The van der Waals surface area contributed by atoms with Crippen molar-refractivity contribution in [3.63, 3.8) is 0 Å². The minimum Gasteiger partial charge on any atom is -0.403 e. The summed E-state index contributed by atoms with van der Waals surface area (Å²) < 4.78 is 40.5. The van der Waals surface area contributed by atoms with Crippen LogP contribution in [-0.2, 0) is 0 Å². The summed E-state index contributed by atoms with van der Waals surface area (Å²) in [5.74, 6) is 0.620. The highest BCUT2D eigenvalue weighted by Crippen LogP contribution is 2.30. The fourth-order valence-corrected chi connectivity index (χ4v) is 2.48. The quantitative estimate of drug-likeness (QED) is 0.281. The molecule has 0 aromatic heterocycles. The van der Waals surface area contributed by atoms with Gasteiger partial charge in [0.15, 0.2) is 11.5 Å². The minimum absolute atomic E-state index is 0.0867. The van der Waals surface area contributed by atoms with Crippen LogP contribution in [0.4, 0.5) is 18.9 Å². The normalized spacial score (nSPS) is 13.8. The van der Waals surface area contributed by atoms with Crippen LogP contribution < -0.4 is 20.4 Å². The summed E-state index contributed by atoms with van der Waals surface area (Å²) in [5.41, 5.74) is 2.51. The first-order valence-electron chi connectivity index (χ1n) is 10.3. The van der Waals surface area contributed by atoms with E-state index in [1.165, 1.54) is 24.5 Å². The lowest BCUT2D eigenvalue weighted by Crippen LogP contribution is -2.39. The third-order valence-corrected chi connectivity index (χ3v) is 3.93. The van der Waals surface area contributed by atoms with Gasteiger partial charge < -0.3 is 19.8 Å². The first-order chi connectivity index (χ1) is 15.4. The number of benzene rings is 2. The Labute approximate surface area is 186 Å². The Balaban J connectivity index is 0.000000335. The first kappa shape index (κ1) is 26.8. The molecule has 1 heterocycles. The zero-order valence-electron chi connectivity index (χ0n) is 18.2. The van der Waals surface area contributed by atoms with Crippen LogP contribution in [0.1, 0.15) is 26.7 Å². The number of nitrogens with one attached hydrogen (secondary N) is 4. The molecule has 32 heavy (non-hydrogen) atoms. The largest absolute Gasteiger partial charge is 0.573 e. The van der Waals surface area contributed by atoms with Crippen molar-refractivity contribution in [2.45, 2.75) is 33.1 Å². The lowest BCUT2D eigenvalue weighted by molar-refractivity contribution is -0.274. The van der Waals surface area contributed by atoms with Crippen LogP contribution in [0.3, 0.4) is 0 Å². The molecule has 4 N–H and O–H groups in total. The van der Waals surface area contributed by atoms with Crippen molar-refractivity contribution in [1.82, 2.24) is 10.2 Å². The van der Waals surface area contributed by atoms with Gasteiger partial charge in [0, 0.05) is 6.54 Å². The molecule has 7 nitrogen and oxygen atoms in total. The molecule has 1 aliphatic heterocycles. The SMILES string of the molecule is CC.FC(F)(F)Oc1ccccc1NOc1ccccc1.N=CN1CCCCNCC1=N. The topological polar surface area (TPSA) is 93.5 Å². The summed E-state index contributed by atoms with van der Waals surface area (Å²) in [7, 11) is 0. The molecule has 2 aromatic carbocycles. The molecule has 0 spiro atoms. The van der Waals surface area contributed by atoms with E-state index in [2.05, 4.69) is 15.5 Å². The fourth-order valence-electron chi connectivity index (χ4n) is 2.48. The van der Waals surface area contributed by atoms with E-state index in [1.807, 2.05) is 13.8 Å². The van der Waals surface area contributed by atoms with Gasteiger partial charge in [-0.2, -0.15) is 0 Å². The molecule has 0 saturated carbocycles. The van der Waals surface area contributed by atoms with E-state index in [0.717, 1.165) is 25.9 Å². The van der Waals surface area contributed by atoms with Crippen molar-refractivity contribution < 1.29 is 22.7 Å². The van der Waals surface area contributed by atoms with Gasteiger partial charge in [0.05, 0.1) is 12.9 Å². The summed E-state index contributed by atoms with van der Waals surface area (Å²) in [4.78, 5) is 6.82. The summed E-state index contributed by atoms with van der Waals surface area (Å²) >= 11 is 0. The van der Waals surface area contributed by atoms with E-state index < -0.39 is 6.36 Å². The van der Waals surface area contributed by atoms with Crippen molar-refractivity contribution in [2.24, 2.45) is 0 Å². The van der Waals surface area contributed by atoms with E-state index in [4.69, 9.17) is 15.7 Å². The zero-order valence-corrected chi connectivity index (χ0v) is 18.2. The predicted octanol–water partition coefficient (Wildman–Crippen LogP) is 5.27. The molecule has 3 rings (SSSR count). The van der Waals surface area contributed by atoms with Crippen LogP contribution in [0, 0.1) is 10.8 Å². The molecule has 2 aromatic rings. The number of amidine groups is 1. The van der Waals surface area contributed by atoms with Gasteiger partial charge >= 0.3 is 6.36 Å². The van der Waals surface area contributed by atoms with Crippen molar-refractivity contribution in [2.75, 3.05) is 25.1 Å². The van der Waals surface area contributed by atoms with Gasteiger partial charge in [-0.3, -0.25) is 10.8 Å². The second-order valence-electron chi connectivity index (χ2n) is 6.21. The van der Waals surface area contributed by atoms with Crippen LogP contribution in [0.5, 0.6) is 11.5 Å². The molecule has 0 atom stereocenters. The molecular formula is C22H30F3N5O2. The number of nitrogens with zero attached hydrogens (tertiary/aromatic N) is 1. The Hall–Kier alpha value is -3.27. The van der Waals surface area contributed by atoms with E-state index in [1.54, 1.807) is 41.3 Å². The van der Waals surface area contributed by atoms with Gasteiger partial charge in [-0.1, -0.05) is 44.2 Å². The molecule has 10 heteroatoms. The maximum Gasteiger partial charge on any atom is 0.573 e. The standard InChI is InChI=1S/C13H10F3NO2.C7H14N4.C2H6/c14-13(15,16)18-12-9-5-4-8-11(12)17-19-10-6-2-1-3-7-10;8-6-11-4-2-1-3-10-5-7(11)9;1-2/h1-9,17H;6,8-10H,1-5H2;1-2H3. The molecule has 1 aliphatic rings. The second kappa shape index (κ2) is 14.7. The third-order valence-electron chi connectivity index (χ3n) is 3.93. The molecular weight excluding hydrogens is 423 g/mol. The van der Waals surface area contributed by atoms with E-state index in [0.29, 0.717) is 18.1 Å². The van der Waals surface area contributed by atoms with Crippen LogP contribution in [0.2, 0.25) is 0 Å². The summed E-state index contributed by atoms with van der Waals surface area (Å²) in [6.45, 7) is 6.41. The van der Waals surface area contributed by atoms with E-state index in [9.17, 15) is 13.2 Å². The molecule has 1 saturated heterocycles. The lowest BCUT2D eigenvalue weighted by atomic mass is 10.2. The van der Waals surface area contributed by atoms with Crippen molar-refractivity contribution in [1.29, 1.82) is 10.8 Å². The Kier molecular flexibility index (Phi) is 12.3. The molecule has 0 unspecified atom stereocenters. The van der Waals surface area contributed by atoms with Crippen LogP contribution in [0.25, 0.3) is 0 Å². The van der Waals surface area contributed by atoms with E-state index in [-0.39, 0.29) is 11.4 Å². The van der Waals surface area contributed by atoms with Crippen LogP contribution >= 0.6 is 0 Å². The Morgan fingerprint density at radius 3 is 2.34 bits per heavy atom. The van der Waals surface area contributed by atoms with Gasteiger partial charge in [0.1, 0.15) is 11.5 Å². The summed E-state index contributed by atoms with van der Waals surface area (Å²) in [5, 5.41) is 17.7. The summed E-state index contributed by atoms with van der Waals surface area (Å²) in [6.07, 6.45) is -1.32. The van der Waals surface area contributed by atoms with Crippen molar-refractivity contribution >= 4 is 17.9 Å². The van der Waals surface area contributed by atoms with Crippen molar-refractivity contribution in [3.05, 3.63) is 54.6 Å². The average molecular weight is 454 g/mol. The maximum atomic E-state index is 12.2. The monoisotopic (exact) mass is 453 g/mol. The number of hydrogen-bond acceptors (Lipinski definition) is 6. The highest BCUT2D eigenvalue weighted by Gasteiger charge is 2.32. The molecule has 176 valence electrons. The third kappa shape index (κ3) is 10.7. The maximum absolute atomic E-state index is 12.2. The second-order valence-corrected chi connectivity index (χ2v) is 6.21. The smallest absolute Gasteiger partial charge is 0.403 e. The molecule has 0 bridgehead atoms. The number of anilines is 1. The van der Waals surface area contributed by atoms with Gasteiger partial charge in [-0.05, 0) is 43.7 Å². The van der Waals surface area contributed by atoms with Gasteiger partial charge in [0.2, 0.25) is 0 Å². The zero-order chi connectivity index (χ0) is 23.8. The van der Waals surface area contributed by atoms with Crippen LogP contribution in [0.15, 0.2) is 54.6 Å². The molecule has 0 aliphatic carbocycles. The predicted molar refractivity (Wildman–Crippen MR) is 120 cm³/mol. The van der Waals surface area contributed by atoms with Crippen LogP contribution in [-0.4, -0.2) is 43.1 Å². The average Bonchev–Trinajstić information content (AvgIpc) is 2.78. The fraction of sp³-hybridized carbons (Fsp3) is 0.364. The molecule has 1 fully saturated rings. The number of para-hydroxylation sites is 3. The van der Waals surface area contributed by atoms with Gasteiger partial charge in [-0.25, -0.2) is 5.48 Å².